The predicted molar refractivity (Wildman–Crippen MR) is 84.5 cm³/mol. The molecule has 0 aliphatic rings. The van der Waals surface area contributed by atoms with Gasteiger partial charge in [-0.1, -0.05) is 42.3 Å². The highest BCUT2D eigenvalue weighted by atomic mass is 35.5. The molecule has 2 atom stereocenters. The summed E-state index contributed by atoms with van der Waals surface area (Å²) in [7, 11) is 0. The van der Waals surface area contributed by atoms with Crippen LogP contribution in [0.5, 0.6) is 5.75 Å². The lowest BCUT2D eigenvalue weighted by molar-refractivity contribution is 0.171. The number of rotatable bonds is 5. The molecule has 2 aromatic carbocycles. The maximum Gasteiger partial charge on any atom is 0.139 e. The summed E-state index contributed by atoms with van der Waals surface area (Å²) >= 11 is 11.9. The number of ether oxygens (including phenoxy) is 1. The van der Waals surface area contributed by atoms with Gasteiger partial charge < -0.3 is 10.5 Å². The van der Waals surface area contributed by atoms with E-state index in [1.807, 2.05) is 6.92 Å². The minimum atomic E-state index is -0.398. The van der Waals surface area contributed by atoms with Gasteiger partial charge in [-0.2, -0.15) is 0 Å². The van der Waals surface area contributed by atoms with Gasteiger partial charge in [-0.05, 0) is 42.3 Å². The summed E-state index contributed by atoms with van der Waals surface area (Å²) in [5.41, 5.74) is 6.93. The molecule has 2 unspecified atom stereocenters. The Kier molecular flexibility index (Phi) is 5.45. The number of halogens is 3. The molecule has 0 saturated carbocycles. The Morgan fingerprint density at radius 3 is 2.19 bits per heavy atom. The normalized spacial score (nSPS) is 13.8. The first kappa shape index (κ1) is 16.1. The van der Waals surface area contributed by atoms with Crippen LogP contribution >= 0.6 is 23.2 Å². The predicted octanol–water partition coefficient (Wildman–Crippen LogP) is 4.99. The lowest BCUT2D eigenvalue weighted by atomic mass is 10.0. The van der Waals surface area contributed by atoms with Crippen molar-refractivity contribution < 1.29 is 9.13 Å². The number of hydrogen-bond donors (Lipinski definition) is 1. The Hall–Kier alpha value is -1.29. The fourth-order valence-corrected chi connectivity index (χ4v) is 2.52. The Bertz CT molecular complexity index is 583. The third-order valence-electron chi connectivity index (χ3n) is 3.16. The van der Waals surface area contributed by atoms with Gasteiger partial charge >= 0.3 is 0 Å². The molecule has 5 heteroatoms. The molecule has 0 saturated heterocycles. The van der Waals surface area contributed by atoms with E-state index in [1.165, 1.54) is 12.1 Å². The van der Waals surface area contributed by atoms with Crippen LogP contribution in [0.2, 0.25) is 10.0 Å². The maximum absolute atomic E-state index is 13.1. The van der Waals surface area contributed by atoms with Gasteiger partial charge in [-0.25, -0.2) is 4.39 Å². The topological polar surface area (TPSA) is 35.2 Å². The van der Waals surface area contributed by atoms with E-state index in [1.54, 1.807) is 30.3 Å². The van der Waals surface area contributed by atoms with Gasteiger partial charge in [0.05, 0.1) is 0 Å². The molecule has 0 aliphatic carbocycles. The molecule has 0 spiro atoms. The van der Waals surface area contributed by atoms with E-state index in [-0.39, 0.29) is 11.9 Å². The molecule has 112 valence electrons. The fraction of sp³-hybridized carbons (Fsp3) is 0.250. The van der Waals surface area contributed by atoms with Crippen molar-refractivity contribution >= 4 is 23.2 Å². The highest BCUT2D eigenvalue weighted by Gasteiger charge is 2.21. The minimum absolute atomic E-state index is 0.229. The van der Waals surface area contributed by atoms with Gasteiger partial charge in [0.15, 0.2) is 0 Å². The van der Waals surface area contributed by atoms with Crippen LogP contribution in [0.4, 0.5) is 4.39 Å². The quantitative estimate of drug-likeness (QED) is 0.839. The van der Waals surface area contributed by atoms with Gasteiger partial charge in [0.1, 0.15) is 17.7 Å². The molecule has 21 heavy (non-hydrogen) atoms. The molecule has 0 aliphatic heterocycles. The van der Waals surface area contributed by atoms with E-state index in [9.17, 15) is 4.39 Å². The maximum atomic E-state index is 13.1. The number of nitrogens with two attached hydrogens (primary N) is 1. The van der Waals surface area contributed by atoms with Crippen LogP contribution in [-0.2, 0) is 0 Å². The highest BCUT2D eigenvalue weighted by molar-refractivity contribution is 6.34. The zero-order chi connectivity index (χ0) is 15.4. The zero-order valence-electron chi connectivity index (χ0n) is 11.5. The van der Waals surface area contributed by atoms with E-state index < -0.39 is 6.10 Å². The average molecular weight is 328 g/mol. The van der Waals surface area contributed by atoms with Gasteiger partial charge in [0.25, 0.3) is 0 Å². The van der Waals surface area contributed by atoms with Crippen molar-refractivity contribution in [2.75, 3.05) is 0 Å². The van der Waals surface area contributed by atoms with Gasteiger partial charge in [0, 0.05) is 16.1 Å². The van der Waals surface area contributed by atoms with Gasteiger partial charge in [0.2, 0.25) is 0 Å². The fourth-order valence-electron chi connectivity index (χ4n) is 2.01. The highest BCUT2D eigenvalue weighted by Crippen LogP contribution is 2.30. The van der Waals surface area contributed by atoms with E-state index in [4.69, 9.17) is 33.7 Å². The summed E-state index contributed by atoms with van der Waals surface area (Å²) in [4.78, 5) is 0. The Labute approximate surface area is 133 Å². The lowest BCUT2D eigenvalue weighted by Crippen LogP contribution is -2.31. The van der Waals surface area contributed by atoms with Crippen molar-refractivity contribution in [3.8, 4) is 5.75 Å². The standard InChI is InChI=1S/C16H16Cl2FNO/c1-2-15(20)16(10-3-5-13(19)6-4-10)21-14-8-11(17)7-12(18)9-14/h3-9,15-16H,2,20H2,1H3. The van der Waals surface area contributed by atoms with E-state index in [0.717, 1.165) is 12.0 Å². The lowest BCUT2D eigenvalue weighted by Gasteiger charge is -2.25. The van der Waals surface area contributed by atoms with Gasteiger partial charge in [-0.3, -0.25) is 0 Å². The molecule has 0 radical (unpaired) electrons. The van der Waals surface area contributed by atoms with E-state index in [2.05, 4.69) is 0 Å². The number of hydrogen-bond acceptors (Lipinski definition) is 2. The van der Waals surface area contributed by atoms with Crippen LogP contribution in [0.15, 0.2) is 42.5 Å². The number of benzene rings is 2. The summed E-state index contributed by atoms with van der Waals surface area (Å²) < 4.78 is 19.0. The van der Waals surface area contributed by atoms with Crippen LogP contribution in [0.25, 0.3) is 0 Å². The summed E-state index contributed by atoms with van der Waals surface area (Å²) in [5.74, 6) is 0.235. The smallest absolute Gasteiger partial charge is 0.139 e. The van der Waals surface area contributed by atoms with E-state index >= 15 is 0 Å². The molecule has 0 heterocycles. The van der Waals surface area contributed by atoms with Crippen molar-refractivity contribution in [2.24, 2.45) is 5.73 Å². The molecule has 2 N–H and O–H groups in total. The summed E-state index contributed by atoms with van der Waals surface area (Å²) in [5, 5.41) is 0.973. The Balaban J connectivity index is 2.30. The second-order valence-corrected chi connectivity index (χ2v) is 5.64. The van der Waals surface area contributed by atoms with Crippen molar-refractivity contribution in [2.45, 2.75) is 25.5 Å². The van der Waals surface area contributed by atoms with Gasteiger partial charge in [-0.15, -0.1) is 0 Å². The molecule has 0 aromatic heterocycles. The van der Waals surface area contributed by atoms with Crippen LogP contribution in [0, 0.1) is 5.82 Å². The molecule has 2 nitrogen and oxygen atoms in total. The van der Waals surface area contributed by atoms with Crippen molar-refractivity contribution in [3.05, 3.63) is 63.9 Å². The van der Waals surface area contributed by atoms with E-state index in [0.29, 0.717) is 15.8 Å². The second kappa shape index (κ2) is 7.12. The van der Waals surface area contributed by atoms with Crippen LogP contribution in [-0.4, -0.2) is 6.04 Å². The SMILES string of the molecule is CCC(N)C(Oc1cc(Cl)cc(Cl)c1)c1ccc(F)cc1. The molecule has 0 fully saturated rings. The molecule has 0 bridgehead atoms. The second-order valence-electron chi connectivity index (χ2n) is 4.77. The van der Waals surface area contributed by atoms with Crippen molar-refractivity contribution in [1.29, 1.82) is 0 Å². The molecular weight excluding hydrogens is 312 g/mol. The largest absolute Gasteiger partial charge is 0.484 e. The molecule has 2 rings (SSSR count). The third kappa shape index (κ3) is 4.34. The first-order valence-corrected chi connectivity index (χ1v) is 7.39. The van der Waals surface area contributed by atoms with Crippen molar-refractivity contribution in [1.82, 2.24) is 0 Å². The first-order valence-electron chi connectivity index (χ1n) is 6.63. The van der Waals surface area contributed by atoms with Crippen LogP contribution in [0.1, 0.15) is 25.0 Å². The third-order valence-corrected chi connectivity index (χ3v) is 3.59. The summed E-state index contributed by atoms with van der Waals surface area (Å²) in [6.45, 7) is 1.97. The summed E-state index contributed by atoms with van der Waals surface area (Å²) in [6.07, 6.45) is 0.321. The Morgan fingerprint density at radius 2 is 1.67 bits per heavy atom. The molecular formula is C16H16Cl2FNO. The summed E-state index contributed by atoms with van der Waals surface area (Å²) in [6, 6.07) is 10.9. The monoisotopic (exact) mass is 327 g/mol. The average Bonchev–Trinajstić information content (AvgIpc) is 2.44. The van der Waals surface area contributed by atoms with Crippen LogP contribution in [0.3, 0.4) is 0 Å². The van der Waals surface area contributed by atoms with Crippen LogP contribution < -0.4 is 10.5 Å². The Morgan fingerprint density at radius 1 is 1.10 bits per heavy atom. The molecule has 0 amide bonds. The van der Waals surface area contributed by atoms with Crippen molar-refractivity contribution in [3.63, 3.8) is 0 Å². The first-order chi connectivity index (χ1) is 9.99. The minimum Gasteiger partial charge on any atom is -0.484 e. The molecule has 2 aromatic rings. The zero-order valence-corrected chi connectivity index (χ0v) is 13.0.